The Morgan fingerprint density at radius 3 is 2.67 bits per heavy atom. The fourth-order valence-corrected chi connectivity index (χ4v) is 3.02. The Bertz CT molecular complexity index is 550. The zero-order chi connectivity index (χ0) is 17.5. The lowest BCUT2D eigenvalue weighted by Gasteiger charge is -2.25. The minimum atomic E-state index is 0.588. The molecule has 0 radical (unpaired) electrons. The monoisotopic (exact) mass is 332 g/mol. The molecule has 1 saturated carbocycles. The Kier molecular flexibility index (Phi) is 6.91. The molecule has 1 aliphatic rings. The van der Waals surface area contributed by atoms with Crippen LogP contribution in [-0.2, 0) is 6.42 Å². The summed E-state index contributed by atoms with van der Waals surface area (Å²) in [5, 5.41) is 6.87. The molecule has 5 nitrogen and oxygen atoms in total. The molecule has 1 aromatic carbocycles. The van der Waals surface area contributed by atoms with E-state index in [4.69, 9.17) is 4.74 Å². The van der Waals surface area contributed by atoms with Crippen molar-refractivity contribution in [1.29, 1.82) is 0 Å². The molecule has 0 bridgehead atoms. The van der Waals surface area contributed by atoms with E-state index in [1.54, 1.807) is 7.11 Å². The molecular formula is C19H32N4O. The van der Waals surface area contributed by atoms with Gasteiger partial charge in [-0.05, 0) is 63.4 Å². The van der Waals surface area contributed by atoms with E-state index in [0.717, 1.165) is 37.1 Å². The van der Waals surface area contributed by atoms with Crippen LogP contribution < -0.4 is 15.4 Å². The molecule has 1 aliphatic carbocycles. The number of hydrogen-bond donors (Lipinski definition) is 2. The molecule has 0 aliphatic heterocycles. The van der Waals surface area contributed by atoms with Gasteiger partial charge in [0, 0.05) is 26.2 Å². The van der Waals surface area contributed by atoms with Crippen LogP contribution in [0.4, 0.5) is 0 Å². The standard InChI is InChI=1S/C19H32N4O/c1-14-6-7-15(12-18(14)24-5)10-11-21-19(20-2)22-13-17(23(3)4)16-8-9-16/h6-7,12,16-17H,8-11,13H2,1-5H3,(H2,20,21,22). The number of aryl methyl sites for hydroxylation is 1. The molecule has 1 atom stereocenters. The summed E-state index contributed by atoms with van der Waals surface area (Å²) in [5.41, 5.74) is 2.44. The van der Waals surface area contributed by atoms with Crippen molar-refractivity contribution >= 4 is 5.96 Å². The van der Waals surface area contributed by atoms with Gasteiger partial charge in [0.05, 0.1) is 7.11 Å². The first-order valence-electron chi connectivity index (χ1n) is 8.79. The average Bonchev–Trinajstić information content (AvgIpc) is 3.39. The predicted octanol–water partition coefficient (Wildman–Crippen LogP) is 2.05. The summed E-state index contributed by atoms with van der Waals surface area (Å²) < 4.78 is 5.39. The van der Waals surface area contributed by atoms with Gasteiger partial charge in [0.15, 0.2) is 5.96 Å². The molecular weight excluding hydrogens is 300 g/mol. The Hall–Kier alpha value is -1.75. The Labute approximate surface area is 146 Å². The third kappa shape index (κ3) is 5.41. The molecule has 2 N–H and O–H groups in total. The van der Waals surface area contributed by atoms with Crippen LogP contribution in [-0.4, -0.2) is 58.2 Å². The SMILES string of the molecule is CN=C(NCCc1ccc(C)c(OC)c1)NCC(C1CC1)N(C)C. The number of benzene rings is 1. The highest BCUT2D eigenvalue weighted by Gasteiger charge is 2.32. The third-order valence-corrected chi connectivity index (χ3v) is 4.71. The van der Waals surface area contributed by atoms with Crippen LogP contribution in [0.15, 0.2) is 23.2 Å². The van der Waals surface area contributed by atoms with Crippen molar-refractivity contribution in [3.8, 4) is 5.75 Å². The van der Waals surface area contributed by atoms with Gasteiger partial charge in [-0.3, -0.25) is 4.99 Å². The van der Waals surface area contributed by atoms with Crippen LogP contribution in [0, 0.1) is 12.8 Å². The van der Waals surface area contributed by atoms with Gasteiger partial charge in [0.1, 0.15) is 5.75 Å². The van der Waals surface area contributed by atoms with Crippen LogP contribution in [0.1, 0.15) is 24.0 Å². The number of likely N-dealkylation sites (N-methyl/N-ethyl adjacent to an activating group) is 1. The summed E-state index contributed by atoms with van der Waals surface area (Å²) in [6.45, 7) is 3.85. The molecule has 1 unspecified atom stereocenters. The third-order valence-electron chi connectivity index (χ3n) is 4.71. The molecule has 134 valence electrons. The summed E-state index contributed by atoms with van der Waals surface area (Å²) in [5.74, 6) is 2.67. The molecule has 5 heteroatoms. The van der Waals surface area contributed by atoms with Gasteiger partial charge in [0.25, 0.3) is 0 Å². The van der Waals surface area contributed by atoms with Crippen LogP contribution in [0.25, 0.3) is 0 Å². The Morgan fingerprint density at radius 2 is 2.08 bits per heavy atom. The summed E-state index contributed by atoms with van der Waals surface area (Å²) in [6.07, 6.45) is 3.65. The van der Waals surface area contributed by atoms with E-state index in [2.05, 4.69) is 59.7 Å². The van der Waals surface area contributed by atoms with Crippen molar-refractivity contribution in [3.63, 3.8) is 0 Å². The maximum atomic E-state index is 5.39. The van der Waals surface area contributed by atoms with Crippen molar-refractivity contribution in [2.45, 2.75) is 32.2 Å². The summed E-state index contributed by atoms with van der Waals surface area (Å²) in [7, 11) is 7.86. The van der Waals surface area contributed by atoms with Crippen LogP contribution in [0.2, 0.25) is 0 Å². The lowest BCUT2D eigenvalue weighted by atomic mass is 10.1. The zero-order valence-corrected chi connectivity index (χ0v) is 15.7. The first-order valence-corrected chi connectivity index (χ1v) is 8.79. The maximum Gasteiger partial charge on any atom is 0.191 e. The summed E-state index contributed by atoms with van der Waals surface area (Å²) >= 11 is 0. The topological polar surface area (TPSA) is 48.9 Å². The average molecular weight is 332 g/mol. The molecule has 1 fully saturated rings. The molecule has 1 aromatic rings. The van der Waals surface area contributed by atoms with Gasteiger partial charge in [0.2, 0.25) is 0 Å². The minimum absolute atomic E-state index is 0.588. The number of methoxy groups -OCH3 is 1. The normalized spacial score (nSPS) is 16.2. The fourth-order valence-electron chi connectivity index (χ4n) is 3.02. The van der Waals surface area contributed by atoms with Gasteiger partial charge >= 0.3 is 0 Å². The minimum Gasteiger partial charge on any atom is -0.496 e. The number of ether oxygens (including phenoxy) is 1. The highest BCUT2D eigenvalue weighted by atomic mass is 16.5. The molecule has 24 heavy (non-hydrogen) atoms. The second-order valence-corrected chi connectivity index (χ2v) is 6.80. The van der Waals surface area contributed by atoms with Crippen molar-refractivity contribution < 1.29 is 4.74 Å². The number of hydrogen-bond acceptors (Lipinski definition) is 3. The van der Waals surface area contributed by atoms with Crippen molar-refractivity contribution in [2.75, 3.05) is 41.3 Å². The van der Waals surface area contributed by atoms with Gasteiger partial charge in [-0.1, -0.05) is 12.1 Å². The van der Waals surface area contributed by atoms with Gasteiger partial charge in [-0.25, -0.2) is 0 Å². The quantitative estimate of drug-likeness (QED) is 0.565. The summed E-state index contributed by atoms with van der Waals surface area (Å²) in [6, 6.07) is 6.97. The highest BCUT2D eigenvalue weighted by molar-refractivity contribution is 5.79. The fraction of sp³-hybridized carbons (Fsp3) is 0.632. The van der Waals surface area contributed by atoms with E-state index in [1.165, 1.54) is 24.0 Å². The first-order chi connectivity index (χ1) is 11.5. The lowest BCUT2D eigenvalue weighted by molar-refractivity contribution is 0.264. The van der Waals surface area contributed by atoms with Crippen molar-refractivity contribution in [3.05, 3.63) is 29.3 Å². The van der Waals surface area contributed by atoms with E-state index in [-0.39, 0.29) is 0 Å². The van der Waals surface area contributed by atoms with Gasteiger partial charge < -0.3 is 20.3 Å². The Morgan fingerprint density at radius 1 is 1.33 bits per heavy atom. The van der Waals surface area contributed by atoms with Gasteiger partial charge in [-0.2, -0.15) is 0 Å². The molecule has 0 amide bonds. The van der Waals surface area contributed by atoms with E-state index >= 15 is 0 Å². The molecule has 0 aromatic heterocycles. The number of aliphatic imine (C=N–C) groups is 1. The van der Waals surface area contributed by atoms with Crippen LogP contribution in [0.5, 0.6) is 5.75 Å². The maximum absolute atomic E-state index is 5.39. The number of nitrogens with zero attached hydrogens (tertiary/aromatic N) is 2. The number of nitrogens with one attached hydrogen (secondary N) is 2. The van der Waals surface area contributed by atoms with E-state index < -0.39 is 0 Å². The summed E-state index contributed by atoms with van der Waals surface area (Å²) in [4.78, 5) is 6.65. The largest absolute Gasteiger partial charge is 0.496 e. The molecule has 2 rings (SSSR count). The van der Waals surface area contributed by atoms with E-state index in [1.807, 2.05) is 7.05 Å². The smallest absolute Gasteiger partial charge is 0.191 e. The molecule has 0 saturated heterocycles. The second kappa shape index (κ2) is 8.92. The number of guanidine groups is 1. The molecule has 0 heterocycles. The first kappa shape index (κ1) is 18.6. The van der Waals surface area contributed by atoms with Gasteiger partial charge in [-0.15, -0.1) is 0 Å². The van der Waals surface area contributed by atoms with E-state index in [0.29, 0.717) is 6.04 Å². The van der Waals surface area contributed by atoms with Crippen molar-refractivity contribution in [1.82, 2.24) is 15.5 Å². The molecule has 0 spiro atoms. The second-order valence-electron chi connectivity index (χ2n) is 6.80. The van der Waals surface area contributed by atoms with E-state index in [9.17, 15) is 0 Å². The lowest BCUT2D eigenvalue weighted by Crippen LogP contribution is -2.46. The predicted molar refractivity (Wildman–Crippen MR) is 101 cm³/mol. The highest BCUT2D eigenvalue weighted by Crippen LogP contribution is 2.34. The zero-order valence-electron chi connectivity index (χ0n) is 15.7. The van der Waals surface area contributed by atoms with Crippen LogP contribution in [0.3, 0.4) is 0 Å². The van der Waals surface area contributed by atoms with Crippen molar-refractivity contribution in [2.24, 2.45) is 10.9 Å². The van der Waals surface area contributed by atoms with Crippen LogP contribution >= 0.6 is 0 Å². The Balaban J connectivity index is 1.77. The number of rotatable bonds is 8.